The summed E-state index contributed by atoms with van der Waals surface area (Å²) in [5.74, 6) is 1.65. The van der Waals surface area contributed by atoms with E-state index in [9.17, 15) is 9.59 Å². The maximum Gasteiger partial charge on any atom is 0.273 e. The van der Waals surface area contributed by atoms with Crippen molar-refractivity contribution >= 4 is 11.8 Å². The largest absolute Gasteiger partial charge is 0.369 e. The van der Waals surface area contributed by atoms with Crippen molar-refractivity contribution in [3.63, 3.8) is 0 Å². The van der Waals surface area contributed by atoms with Crippen LogP contribution in [0.3, 0.4) is 0 Å². The first-order chi connectivity index (χ1) is 11.7. The predicted molar refractivity (Wildman–Crippen MR) is 91.6 cm³/mol. The van der Waals surface area contributed by atoms with Gasteiger partial charge in [0.2, 0.25) is 5.91 Å². The molecule has 2 unspecified atom stereocenters. The molecule has 1 aromatic heterocycles. The Morgan fingerprint density at radius 1 is 1.24 bits per heavy atom. The molecule has 1 aromatic rings. The van der Waals surface area contributed by atoms with Crippen LogP contribution in [0.5, 0.6) is 0 Å². The molecule has 0 spiro atoms. The standard InChI is InChI=1S/C19H27N3O3/c1-18(2,3)14-6-13(22-25-14)16(23)21-15-11-4-10-5-12(15)9-19(7-10,8-11)17(20)24/h6,10-12,15H,4-5,7-9H2,1-3H3,(H2,20,24)(H,21,23). The smallest absolute Gasteiger partial charge is 0.273 e. The quantitative estimate of drug-likeness (QED) is 0.878. The van der Waals surface area contributed by atoms with Gasteiger partial charge >= 0.3 is 0 Å². The van der Waals surface area contributed by atoms with Gasteiger partial charge in [-0.2, -0.15) is 0 Å². The van der Waals surface area contributed by atoms with Crippen LogP contribution in [0.1, 0.15) is 69.1 Å². The molecule has 0 aliphatic heterocycles. The highest BCUT2D eigenvalue weighted by Crippen LogP contribution is 2.59. The van der Waals surface area contributed by atoms with Crippen molar-refractivity contribution in [1.29, 1.82) is 0 Å². The van der Waals surface area contributed by atoms with E-state index >= 15 is 0 Å². The van der Waals surface area contributed by atoms with Gasteiger partial charge in [0.15, 0.2) is 5.69 Å². The summed E-state index contributed by atoms with van der Waals surface area (Å²) in [5.41, 5.74) is 5.55. The van der Waals surface area contributed by atoms with E-state index in [2.05, 4.69) is 10.5 Å². The first-order valence-electron chi connectivity index (χ1n) is 9.26. The second-order valence-corrected chi connectivity index (χ2v) is 9.44. The topological polar surface area (TPSA) is 98.2 Å². The molecule has 0 aromatic carbocycles. The number of nitrogens with zero attached hydrogens (tertiary/aromatic N) is 1. The molecule has 1 heterocycles. The Labute approximate surface area is 147 Å². The lowest BCUT2D eigenvalue weighted by atomic mass is 9.47. The molecular weight excluding hydrogens is 318 g/mol. The van der Waals surface area contributed by atoms with Gasteiger partial charge in [0.1, 0.15) is 5.76 Å². The second-order valence-electron chi connectivity index (χ2n) is 9.44. The van der Waals surface area contributed by atoms with Crippen LogP contribution in [0.25, 0.3) is 0 Å². The lowest BCUT2D eigenvalue weighted by molar-refractivity contribution is -0.145. The highest BCUT2D eigenvalue weighted by molar-refractivity contribution is 5.92. The van der Waals surface area contributed by atoms with Crippen molar-refractivity contribution in [2.24, 2.45) is 28.9 Å². The predicted octanol–water partition coefficient (Wildman–Crippen LogP) is 2.38. The van der Waals surface area contributed by atoms with Crippen LogP contribution in [-0.4, -0.2) is 23.0 Å². The average Bonchev–Trinajstić information content (AvgIpc) is 3.00. The number of aromatic nitrogens is 1. The van der Waals surface area contributed by atoms with Gasteiger partial charge in [0, 0.05) is 22.9 Å². The number of carbonyl (C=O) groups excluding carboxylic acids is 2. The highest BCUT2D eigenvalue weighted by Gasteiger charge is 2.58. The summed E-state index contributed by atoms with van der Waals surface area (Å²) in [6.45, 7) is 6.07. The molecule has 4 aliphatic carbocycles. The minimum Gasteiger partial charge on any atom is -0.369 e. The van der Waals surface area contributed by atoms with Crippen LogP contribution < -0.4 is 11.1 Å². The van der Waals surface area contributed by atoms with Crippen molar-refractivity contribution in [1.82, 2.24) is 10.5 Å². The Balaban J connectivity index is 1.50. The molecular formula is C19H27N3O3. The second kappa shape index (κ2) is 5.32. The van der Waals surface area contributed by atoms with E-state index in [-0.39, 0.29) is 28.7 Å². The number of amides is 2. The van der Waals surface area contributed by atoms with Gasteiger partial charge in [-0.05, 0) is 49.9 Å². The fraction of sp³-hybridized carbons (Fsp3) is 0.737. The molecule has 0 saturated heterocycles. The van der Waals surface area contributed by atoms with E-state index in [1.165, 1.54) is 0 Å². The van der Waals surface area contributed by atoms with E-state index in [0.29, 0.717) is 29.2 Å². The molecule has 136 valence electrons. The molecule has 4 aliphatic rings. The van der Waals surface area contributed by atoms with Gasteiger partial charge < -0.3 is 15.6 Å². The van der Waals surface area contributed by atoms with Crippen LogP contribution in [0.15, 0.2) is 10.6 Å². The number of nitrogens with two attached hydrogens (primary N) is 1. The zero-order chi connectivity index (χ0) is 18.0. The zero-order valence-electron chi connectivity index (χ0n) is 15.2. The number of hydrogen-bond acceptors (Lipinski definition) is 4. The number of rotatable bonds is 3. The molecule has 3 N–H and O–H groups in total. The summed E-state index contributed by atoms with van der Waals surface area (Å²) in [4.78, 5) is 24.7. The third-order valence-electron chi connectivity index (χ3n) is 6.58. The van der Waals surface area contributed by atoms with Crippen LogP contribution in [0.2, 0.25) is 0 Å². The van der Waals surface area contributed by atoms with E-state index in [1.807, 2.05) is 20.8 Å². The summed E-state index contributed by atoms with van der Waals surface area (Å²) in [6.07, 6.45) is 4.73. The third-order valence-corrected chi connectivity index (χ3v) is 6.58. The van der Waals surface area contributed by atoms with E-state index in [0.717, 1.165) is 32.1 Å². The molecule has 4 bridgehead atoms. The minimum atomic E-state index is -0.328. The van der Waals surface area contributed by atoms with Gasteiger partial charge in [-0.1, -0.05) is 25.9 Å². The summed E-state index contributed by atoms with van der Waals surface area (Å²) < 4.78 is 5.33. The Bertz CT molecular complexity index is 702. The molecule has 6 nitrogen and oxygen atoms in total. The third kappa shape index (κ3) is 2.66. The molecule has 4 fully saturated rings. The van der Waals surface area contributed by atoms with Crippen LogP contribution in [0.4, 0.5) is 0 Å². The molecule has 2 amide bonds. The number of hydrogen-bond donors (Lipinski definition) is 2. The number of primary amides is 1. The first kappa shape index (κ1) is 16.6. The summed E-state index contributed by atoms with van der Waals surface area (Å²) in [7, 11) is 0. The van der Waals surface area contributed by atoms with Gasteiger partial charge in [-0.25, -0.2) is 0 Å². The van der Waals surface area contributed by atoms with Crippen molar-refractivity contribution < 1.29 is 14.1 Å². The number of nitrogens with one attached hydrogen (secondary N) is 1. The summed E-state index contributed by atoms with van der Waals surface area (Å²) in [6, 6.07) is 1.85. The maximum absolute atomic E-state index is 12.7. The Hall–Kier alpha value is -1.85. The fourth-order valence-corrected chi connectivity index (χ4v) is 5.52. The maximum atomic E-state index is 12.7. The number of carbonyl (C=O) groups is 2. The molecule has 5 rings (SSSR count). The normalized spacial score (nSPS) is 36.4. The minimum absolute atomic E-state index is 0.117. The first-order valence-corrected chi connectivity index (χ1v) is 9.26. The lowest BCUT2D eigenvalue weighted by Crippen LogP contribution is -2.62. The van der Waals surface area contributed by atoms with Crippen molar-refractivity contribution in [2.45, 2.75) is 64.3 Å². The zero-order valence-corrected chi connectivity index (χ0v) is 15.2. The lowest BCUT2D eigenvalue weighted by Gasteiger charge is -2.58. The molecule has 2 atom stereocenters. The highest BCUT2D eigenvalue weighted by atomic mass is 16.5. The van der Waals surface area contributed by atoms with Gasteiger partial charge in [-0.15, -0.1) is 0 Å². The molecule has 6 heteroatoms. The average molecular weight is 345 g/mol. The van der Waals surface area contributed by atoms with E-state index in [1.54, 1.807) is 6.07 Å². The van der Waals surface area contributed by atoms with Crippen molar-refractivity contribution in [2.75, 3.05) is 0 Å². The molecule has 4 saturated carbocycles. The monoisotopic (exact) mass is 345 g/mol. The Kier molecular flexibility index (Phi) is 3.54. The summed E-state index contributed by atoms with van der Waals surface area (Å²) >= 11 is 0. The Morgan fingerprint density at radius 3 is 2.40 bits per heavy atom. The van der Waals surface area contributed by atoms with E-state index in [4.69, 9.17) is 10.3 Å². The van der Waals surface area contributed by atoms with Crippen LogP contribution in [0, 0.1) is 23.2 Å². The van der Waals surface area contributed by atoms with E-state index < -0.39 is 0 Å². The van der Waals surface area contributed by atoms with Crippen LogP contribution in [-0.2, 0) is 10.2 Å². The summed E-state index contributed by atoms with van der Waals surface area (Å²) in [5, 5.41) is 7.13. The molecule has 25 heavy (non-hydrogen) atoms. The molecule has 0 radical (unpaired) electrons. The van der Waals surface area contributed by atoms with Gasteiger partial charge in [0.05, 0.1) is 0 Å². The van der Waals surface area contributed by atoms with Crippen molar-refractivity contribution in [3.05, 3.63) is 17.5 Å². The van der Waals surface area contributed by atoms with Gasteiger partial charge in [0.25, 0.3) is 5.91 Å². The van der Waals surface area contributed by atoms with Crippen molar-refractivity contribution in [3.8, 4) is 0 Å². The van der Waals surface area contributed by atoms with Crippen LogP contribution >= 0.6 is 0 Å². The SMILES string of the molecule is CC(C)(C)c1cc(C(=O)NC2C3CC4CC2CC(C(N)=O)(C4)C3)no1. The van der Waals surface area contributed by atoms with Gasteiger partial charge in [-0.3, -0.25) is 9.59 Å². The fourth-order valence-electron chi connectivity index (χ4n) is 5.52. The Morgan fingerprint density at radius 2 is 1.88 bits per heavy atom.